The fourth-order valence-corrected chi connectivity index (χ4v) is 3.13. The Morgan fingerprint density at radius 3 is 2.88 bits per heavy atom. The third-order valence-electron chi connectivity index (χ3n) is 3.89. The number of hydrogen-bond acceptors (Lipinski definition) is 8. The first kappa shape index (κ1) is 17.4. The molecule has 8 nitrogen and oxygen atoms in total. The number of fused-ring (bicyclic) bond motifs is 1. The lowest BCUT2D eigenvalue weighted by atomic mass is 10.1. The van der Waals surface area contributed by atoms with Crippen LogP contribution in [0.1, 0.15) is 18.2 Å². The van der Waals surface area contributed by atoms with Gasteiger partial charge in [-0.15, -0.1) is 0 Å². The molecular formula is C16H21N7OS. The van der Waals surface area contributed by atoms with Crippen molar-refractivity contribution in [2.24, 2.45) is 5.73 Å². The summed E-state index contributed by atoms with van der Waals surface area (Å²) in [6.45, 7) is 3.58. The van der Waals surface area contributed by atoms with Gasteiger partial charge in [0.1, 0.15) is 5.82 Å². The highest BCUT2D eigenvalue weighted by atomic mass is 32.2. The minimum absolute atomic E-state index is 0.0966. The van der Waals surface area contributed by atoms with Crippen LogP contribution in [0.25, 0.3) is 11.6 Å². The van der Waals surface area contributed by atoms with Crippen LogP contribution in [0.3, 0.4) is 0 Å². The van der Waals surface area contributed by atoms with E-state index in [1.807, 2.05) is 13.0 Å². The van der Waals surface area contributed by atoms with Gasteiger partial charge in [0, 0.05) is 18.5 Å². The molecule has 0 fully saturated rings. The van der Waals surface area contributed by atoms with E-state index in [0.717, 1.165) is 49.0 Å². The fraction of sp³-hybridized carbons (Fsp3) is 0.375. The molecule has 0 saturated carbocycles. The number of thioether (sulfide) groups is 1. The van der Waals surface area contributed by atoms with Crippen molar-refractivity contribution in [2.45, 2.75) is 25.8 Å². The summed E-state index contributed by atoms with van der Waals surface area (Å²) in [6.07, 6.45) is 3.23. The summed E-state index contributed by atoms with van der Waals surface area (Å²) in [5, 5.41) is 22.2. The Hall–Kier alpha value is -2.39. The molecular weight excluding hydrogens is 338 g/mol. The van der Waals surface area contributed by atoms with Crippen LogP contribution in [0.5, 0.6) is 0 Å². The Bertz CT molecular complexity index is 775. The van der Waals surface area contributed by atoms with Crippen LogP contribution >= 0.6 is 11.8 Å². The lowest BCUT2D eigenvalue weighted by Gasteiger charge is -2.19. The van der Waals surface area contributed by atoms with E-state index in [1.165, 1.54) is 0 Å². The maximum atomic E-state index is 8.06. The van der Waals surface area contributed by atoms with Gasteiger partial charge >= 0.3 is 0 Å². The standard InChI is InChI=1S/C16H21N7OS/c1-9(13(17)25-16(18)19)21-14-10-4-6-20-7-5-11(10)22-15(23-14)12-3-2-8-24-12/h2-3,8-9,17,20H,4-7H2,1H3,(H3,18,19)(H,21,22,23). The second kappa shape index (κ2) is 7.66. The molecule has 25 heavy (non-hydrogen) atoms. The lowest BCUT2D eigenvalue weighted by molar-refractivity contribution is 0.576. The summed E-state index contributed by atoms with van der Waals surface area (Å²) in [5.74, 6) is 1.86. The summed E-state index contributed by atoms with van der Waals surface area (Å²) in [5.41, 5.74) is 7.43. The number of nitrogens with two attached hydrogens (primary N) is 1. The van der Waals surface area contributed by atoms with E-state index < -0.39 is 0 Å². The average molecular weight is 359 g/mol. The molecule has 3 rings (SSSR count). The maximum Gasteiger partial charge on any atom is 0.197 e. The van der Waals surface area contributed by atoms with Crippen LogP contribution in [0.4, 0.5) is 5.82 Å². The van der Waals surface area contributed by atoms with Gasteiger partial charge in [-0.1, -0.05) is 0 Å². The zero-order valence-electron chi connectivity index (χ0n) is 13.9. The minimum Gasteiger partial charge on any atom is -0.461 e. The molecule has 6 N–H and O–H groups in total. The van der Waals surface area contributed by atoms with Gasteiger partial charge in [-0.3, -0.25) is 10.8 Å². The molecule has 0 bridgehead atoms. The van der Waals surface area contributed by atoms with Crippen molar-refractivity contribution in [3.63, 3.8) is 0 Å². The Labute approximate surface area is 150 Å². The summed E-state index contributed by atoms with van der Waals surface area (Å²) < 4.78 is 5.44. The topological polar surface area (TPSA) is 137 Å². The van der Waals surface area contributed by atoms with Crippen LogP contribution in [0.2, 0.25) is 0 Å². The van der Waals surface area contributed by atoms with Gasteiger partial charge in [0.05, 0.1) is 23.0 Å². The number of hydrogen-bond donors (Lipinski definition) is 5. The Kier molecular flexibility index (Phi) is 5.34. The van der Waals surface area contributed by atoms with Gasteiger partial charge in [-0.2, -0.15) is 0 Å². The molecule has 0 saturated heterocycles. The van der Waals surface area contributed by atoms with E-state index in [9.17, 15) is 0 Å². The second-order valence-electron chi connectivity index (χ2n) is 5.74. The molecule has 0 aliphatic carbocycles. The molecule has 1 unspecified atom stereocenters. The maximum absolute atomic E-state index is 8.06. The number of anilines is 1. The molecule has 3 heterocycles. The highest BCUT2D eigenvalue weighted by molar-refractivity contribution is 8.26. The molecule has 1 atom stereocenters. The van der Waals surface area contributed by atoms with Gasteiger partial charge in [-0.25, -0.2) is 9.97 Å². The molecule has 1 aliphatic rings. The Morgan fingerprint density at radius 2 is 2.16 bits per heavy atom. The summed E-state index contributed by atoms with van der Waals surface area (Å²) in [6, 6.07) is 3.33. The van der Waals surface area contributed by atoms with Crippen LogP contribution in [-0.4, -0.2) is 39.3 Å². The molecule has 0 aromatic carbocycles. The van der Waals surface area contributed by atoms with Gasteiger partial charge in [-0.05, 0) is 43.8 Å². The van der Waals surface area contributed by atoms with Crippen molar-refractivity contribution < 1.29 is 4.42 Å². The fourth-order valence-electron chi connectivity index (χ4n) is 2.66. The van der Waals surface area contributed by atoms with Gasteiger partial charge in [0.2, 0.25) is 0 Å². The first-order valence-electron chi connectivity index (χ1n) is 8.06. The molecule has 0 spiro atoms. The van der Waals surface area contributed by atoms with E-state index >= 15 is 0 Å². The average Bonchev–Trinajstić information content (AvgIpc) is 2.99. The molecule has 132 valence electrons. The molecule has 1 aliphatic heterocycles. The van der Waals surface area contributed by atoms with E-state index in [2.05, 4.69) is 20.6 Å². The Balaban J connectivity index is 1.94. The summed E-state index contributed by atoms with van der Waals surface area (Å²) in [4.78, 5) is 9.32. The van der Waals surface area contributed by atoms with Crippen molar-refractivity contribution in [3.8, 4) is 11.6 Å². The number of rotatable bonds is 4. The van der Waals surface area contributed by atoms with E-state index in [-0.39, 0.29) is 16.3 Å². The quantitative estimate of drug-likeness (QED) is 0.415. The molecule has 2 aromatic heterocycles. The normalized spacial score (nSPS) is 15.1. The highest BCUT2D eigenvalue weighted by Gasteiger charge is 2.21. The molecule has 9 heteroatoms. The largest absolute Gasteiger partial charge is 0.461 e. The second-order valence-corrected chi connectivity index (χ2v) is 6.83. The Morgan fingerprint density at radius 1 is 1.36 bits per heavy atom. The molecule has 0 radical (unpaired) electrons. The van der Waals surface area contributed by atoms with Gasteiger partial charge < -0.3 is 20.8 Å². The SMILES string of the molecule is CC(Nc1nc(-c2ccco2)nc2c1CCNCC2)C(=N)SC(=N)N. The van der Waals surface area contributed by atoms with Crippen LogP contribution in [-0.2, 0) is 12.8 Å². The van der Waals surface area contributed by atoms with Gasteiger partial charge in [0.15, 0.2) is 16.8 Å². The van der Waals surface area contributed by atoms with Crippen LogP contribution in [0, 0.1) is 10.8 Å². The van der Waals surface area contributed by atoms with Gasteiger partial charge in [0.25, 0.3) is 0 Å². The van der Waals surface area contributed by atoms with Crippen molar-refractivity contribution in [3.05, 3.63) is 29.7 Å². The number of amidine groups is 1. The zero-order valence-corrected chi connectivity index (χ0v) is 14.7. The van der Waals surface area contributed by atoms with Crippen molar-refractivity contribution in [1.82, 2.24) is 15.3 Å². The van der Waals surface area contributed by atoms with Crippen LogP contribution in [0.15, 0.2) is 22.8 Å². The minimum atomic E-state index is -0.312. The number of aromatic nitrogens is 2. The first-order chi connectivity index (χ1) is 12.0. The van der Waals surface area contributed by atoms with Crippen molar-refractivity contribution >= 4 is 27.8 Å². The summed E-state index contributed by atoms with van der Waals surface area (Å²) in [7, 11) is 0. The molecule has 0 amide bonds. The number of nitrogens with zero attached hydrogens (tertiary/aromatic N) is 2. The van der Waals surface area contributed by atoms with E-state index in [0.29, 0.717) is 17.4 Å². The first-order valence-corrected chi connectivity index (χ1v) is 8.87. The number of furan rings is 1. The van der Waals surface area contributed by atoms with Crippen molar-refractivity contribution in [2.75, 3.05) is 18.4 Å². The predicted molar refractivity (Wildman–Crippen MR) is 100 cm³/mol. The van der Waals surface area contributed by atoms with E-state index in [1.54, 1.807) is 12.3 Å². The highest BCUT2D eigenvalue weighted by Crippen LogP contribution is 2.25. The molecule has 2 aromatic rings. The predicted octanol–water partition coefficient (Wildman–Crippen LogP) is 1.83. The van der Waals surface area contributed by atoms with E-state index in [4.69, 9.17) is 21.0 Å². The smallest absolute Gasteiger partial charge is 0.197 e. The zero-order chi connectivity index (χ0) is 17.8. The monoisotopic (exact) mass is 359 g/mol. The lowest BCUT2D eigenvalue weighted by Crippen LogP contribution is -2.27. The summed E-state index contributed by atoms with van der Waals surface area (Å²) >= 11 is 0.933. The number of nitrogens with one attached hydrogen (secondary N) is 4. The third-order valence-corrected chi connectivity index (χ3v) is 4.68. The van der Waals surface area contributed by atoms with Crippen molar-refractivity contribution in [1.29, 1.82) is 10.8 Å². The third kappa shape index (κ3) is 4.18. The van der Waals surface area contributed by atoms with Crippen LogP contribution < -0.4 is 16.4 Å².